The fourth-order valence-electron chi connectivity index (χ4n) is 4.06. The Bertz CT molecular complexity index is 858. The number of hydrogen-bond donors (Lipinski definition) is 1. The van der Waals surface area contributed by atoms with E-state index in [2.05, 4.69) is 86.1 Å². The third kappa shape index (κ3) is 5.17. The summed E-state index contributed by atoms with van der Waals surface area (Å²) in [5, 5.41) is 1.34. The molecule has 2 aromatic carbocycles. The van der Waals surface area contributed by atoms with Gasteiger partial charge in [0.25, 0.3) is 0 Å². The summed E-state index contributed by atoms with van der Waals surface area (Å²) in [7, 11) is 0. The Morgan fingerprint density at radius 1 is 0.857 bits per heavy atom. The summed E-state index contributed by atoms with van der Waals surface area (Å²) in [6, 6.07) is 18.3. The molecule has 0 radical (unpaired) electrons. The Labute approximate surface area is 169 Å². The Morgan fingerprint density at radius 3 is 2.36 bits per heavy atom. The molecule has 150 valence electrons. The van der Waals surface area contributed by atoms with Crippen molar-refractivity contribution in [3.8, 4) is 5.75 Å². The largest absolute Gasteiger partial charge is 0.492 e. The average molecular weight is 379 g/mol. The van der Waals surface area contributed by atoms with Gasteiger partial charge in [0.1, 0.15) is 12.4 Å². The van der Waals surface area contributed by atoms with Crippen molar-refractivity contribution in [1.29, 1.82) is 0 Å². The third-order valence-corrected chi connectivity index (χ3v) is 5.48. The van der Waals surface area contributed by atoms with E-state index in [0.29, 0.717) is 12.1 Å². The number of fused-ring (bicyclic) bond motifs is 1. The quantitative estimate of drug-likeness (QED) is 0.480. The molecule has 0 spiro atoms. The fourth-order valence-corrected chi connectivity index (χ4v) is 4.06. The minimum atomic E-state index is 0.537. The molecule has 3 rings (SSSR count). The first-order chi connectivity index (χ1) is 13.6. The highest BCUT2D eigenvalue weighted by atomic mass is 16.5. The highest BCUT2D eigenvalue weighted by Gasteiger charge is 2.13. The number of aryl methyl sites for hydroxylation is 2. The SMILES string of the molecule is CC(C)N(CCOc1ccccc1CCCc1cccc2[nH]ccc12)C(C)C. The maximum Gasteiger partial charge on any atom is 0.122 e. The number of aromatic nitrogens is 1. The third-order valence-electron chi connectivity index (χ3n) is 5.48. The Kier molecular flexibility index (Phi) is 7.16. The van der Waals surface area contributed by atoms with Gasteiger partial charge >= 0.3 is 0 Å². The molecule has 0 amide bonds. The number of H-pyrrole nitrogens is 1. The maximum absolute atomic E-state index is 6.18. The van der Waals surface area contributed by atoms with E-state index in [1.807, 2.05) is 6.20 Å². The van der Waals surface area contributed by atoms with E-state index < -0.39 is 0 Å². The zero-order valence-electron chi connectivity index (χ0n) is 17.7. The van der Waals surface area contributed by atoms with Gasteiger partial charge in [-0.15, -0.1) is 0 Å². The number of rotatable bonds is 10. The highest BCUT2D eigenvalue weighted by Crippen LogP contribution is 2.23. The van der Waals surface area contributed by atoms with Gasteiger partial charge in [-0.2, -0.15) is 0 Å². The zero-order chi connectivity index (χ0) is 19.9. The predicted octanol–water partition coefficient (Wildman–Crippen LogP) is 5.84. The van der Waals surface area contributed by atoms with Crippen LogP contribution in [0.2, 0.25) is 0 Å². The van der Waals surface area contributed by atoms with E-state index in [9.17, 15) is 0 Å². The van der Waals surface area contributed by atoms with Crippen LogP contribution in [0.4, 0.5) is 0 Å². The second-order valence-electron chi connectivity index (χ2n) is 8.09. The number of nitrogens with zero attached hydrogens (tertiary/aromatic N) is 1. The lowest BCUT2D eigenvalue weighted by atomic mass is 10.0. The van der Waals surface area contributed by atoms with Crippen LogP contribution in [-0.4, -0.2) is 35.1 Å². The smallest absolute Gasteiger partial charge is 0.122 e. The van der Waals surface area contributed by atoms with Gasteiger partial charge < -0.3 is 9.72 Å². The molecule has 0 aliphatic rings. The molecular weight excluding hydrogens is 344 g/mol. The molecule has 0 saturated carbocycles. The Hall–Kier alpha value is -2.26. The van der Waals surface area contributed by atoms with E-state index in [0.717, 1.165) is 38.2 Å². The van der Waals surface area contributed by atoms with Crippen LogP contribution in [0.1, 0.15) is 45.2 Å². The van der Waals surface area contributed by atoms with Crippen LogP contribution in [0, 0.1) is 0 Å². The number of ether oxygens (including phenoxy) is 1. The maximum atomic E-state index is 6.18. The molecule has 0 bridgehead atoms. The first-order valence-corrected chi connectivity index (χ1v) is 10.6. The summed E-state index contributed by atoms with van der Waals surface area (Å²) in [5.74, 6) is 1.04. The molecule has 1 heterocycles. The summed E-state index contributed by atoms with van der Waals surface area (Å²) in [6.45, 7) is 10.7. The van der Waals surface area contributed by atoms with E-state index in [1.165, 1.54) is 22.0 Å². The molecule has 1 aromatic heterocycles. The van der Waals surface area contributed by atoms with E-state index >= 15 is 0 Å². The van der Waals surface area contributed by atoms with Crippen LogP contribution in [0.25, 0.3) is 10.9 Å². The Balaban J connectivity index is 1.56. The molecule has 0 fully saturated rings. The standard InChI is InChI=1S/C25H34N2O/c1-19(2)27(20(3)4)17-18-28-25-14-6-5-9-22(25)12-7-10-21-11-8-13-24-23(21)15-16-26-24/h5-6,8-9,11,13-16,19-20,26H,7,10,12,17-18H2,1-4H3. The molecule has 3 heteroatoms. The topological polar surface area (TPSA) is 28.3 Å². The minimum absolute atomic E-state index is 0.537. The van der Waals surface area contributed by atoms with Crippen LogP contribution in [0.3, 0.4) is 0 Å². The van der Waals surface area contributed by atoms with Gasteiger partial charge in [0.15, 0.2) is 0 Å². The summed E-state index contributed by atoms with van der Waals surface area (Å²) in [5.41, 5.74) is 3.95. The van der Waals surface area contributed by atoms with Crippen molar-refractivity contribution in [1.82, 2.24) is 9.88 Å². The molecular formula is C25H34N2O. The molecule has 3 nitrogen and oxygen atoms in total. The van der Waals surface area contributed by atoms with Crippen molar-refractivity contribution < 1.29 is 4.74 Å². The van der Waals surface area contributed by atoms with Gasteiger partial charge in [0.05, 0.1) is 0 Å². The van der Waals surface area contributed by atoms with Crippen LogP contribution >= 0.6 is 0 Å². The monoisotopic (exact) mass is 378 g/mol. The molecule has 1 N–H and O–H groups in total. The van der Waals surface area contributed by atoms with Crippen molar-refractivity contribution >= 4 is 10.9 Å². The van der Waals surface area contributed by atoms with E-state index in [4.69, 9.17) is 4.74 Å². The summed E-state index contributed by atoms with van der Waals surface area (Å²) >= 11 is 0. The summed E-state index contributed by atoms with van der Waals surface area (Å²) < 4.78 is 6.18. The highest BCUT2D eigenvalue weighted by molar-refractivity contribution is 5.82. The van der Waals surface area contributed by atoms with Crippen molar-refractivity contribution in [3.05, 3.63) is 65.9 Å². The van der Waals surface area contributed by atoms with Gasteiger partial charge in [0, 0.05) is 35.7 Å². The number of benzene rings is 2. The Morgan fingerprint density at radius 2 is 1.57 bits per heavy atom. The lowest BCUT2D eigenvalue weighted by Crippen LogP contribution is -2.39. The van der Waals surface area contributed by atoms with E-state index in [1.54, 1.807) is 0 Å². The molecule has 0 atom stereocenters. The number of nitrogens with one attached hydrogen (secondary N) is 1. The normalized spacial score (nSPS) is 11.8. The lowest BCUT2D eigenvalue weighted by Gasteiger charge is -2.30. The first-order valence-electron chi connectivity index (χ1n) is 10.6. The number of aromatic amines is 1. The molecule has 0 saturated heterocycles. The van der Waals surface area contributed by atoms with Crippen LogP contribution in [0.5, 0.6) is 5.75 Å². The van der Waals surface area contributed by atoms with Gasteiger partial charge in [-0.05, 0) is 76.3 Å². The van der Waals surface area contributed by atoms with Gasteiger partial charge in [0.2, 0.25) is 0 Å². The molecule has 0 unspecified atom stereocenters. The number of hydrogen-bond acceptors (Lipinski definition) is 2. The van der Waals surface area contributed by atoms with Crippen molar-refractivity contribution in [2.75, 3.05) is 13.2 Å². The minimum Gasteiger partial charge on any atom is -0.492 e. The van der Waals surface area contributed by atoms with E-state index in [-0.39, 0.29) is 0 Å². The molecule has 3 aromatic rings. The van der Waals surface area contributed by atoms with Gasteiger partial charge in [-0.1, -0.05) is 30.3 Å². The zero-order valence-corrected chi connectivity index (χ0v) is 17.7. The first kappa shape index (κ1) is 20.5. The number of para-hydroxylation sites is 1. The molecule has 28 heavy (non-hydrogen) atoms. The fraction of sp³-hybridized carbons (Fsp3) is 0.440. The van der Waals surface area contributed by atoms with Crippen LogP contribution < -0.4 is 4.74 Å². The van der Waals surface area contributed by atoms with Gasteiger partial charge in [-0.25, -0.2) is 0 Å². The van der Waals surface area contributed by atoms with Crippen molar-refractivity contribution in [2.24, 2.45) is 0 Å². The second kappa shape index (κ2) is 9.79. The average Bonchev–Trinajstić information content (AvgIpc) is 3.15. The van der Waals surface area contributed by atoms with Crippen LogP contribution in [-0.2, 0) is 12.8 Å². The lowest BCUT2D eigenvalue weighted by molar-refractivity contribution is 0.141. The molecule has 0 aliphatic heterocycles. The second-order valence-corrected chi connectivity index (χ2v) is 8.09. The van der Waals surface area contributed by atoms with Crippen LogP contribution in [0.15, 0.2) is 54.7 Å². The van der Waals surface area contributed by atoms with Gasteiger partial charge in [-0.3, -0.25) is 4.90 Å². The predicted molar refractivity (Wildman–Crippen MR) is 119 cm³/mol. The van der Waals surface area contributed by atoms with Crippen molar-refractivity contribution in [3.63, 3.8) is 0 Å². The summed E-state index contributed by atoms with van der Waals surface area (Å²) in [4.78, 5) is 5.77. The molecule has 0 aliphatic carbocycles. The summed E-state index contributed by atoms with van der Waals surface area (Å²) in [6.07, 6.45) is 5.26. The van der Waals surface area contributed by atoms with Crippen molar-refractivity contribution in [2.45, 2.75) is 59.0 Å².